The molecule has 8 heteroatoms. The van der Waals surface area contributed by atoms with E-state index in [1.54, 1.807) is 0 Å². The molecule has 0 bridgehead atoms. The predicted molar refractivity (Wildman–Crippen MR) is 57.9 cm³/mol. The molecule has 0 fully saturated rings. The molecule has 1 aromatic heterocycles. The fraction of sp³-hybridized carbons (Fsp3) is 0.0909. The first-order valence-electron chi connectivity index (χ1n) is 5.00. The highest BCUT2D eigenvalue weighted by molar-refractivity contribution is 5.35. The molecule has 0 saturated carbocycles. The van der Waals surface area contributed by atoms with Crippen molar-refractivity contribution in [3.63, 3.8) is 0 Å². The first-order valence-corrected chi connectivity index (χ1v) is 5.00. The summed E-state index contributed by atoms with van der Waals surface area (Å²) < 4.78 is 55.5. The molecule has 2 rings (SSSR count). The molecule has 0 amide bonds. The Morgan fingerprint density at radius 3 is 2.37 bits per heavy atom. The minimum Gasteiger partial charge on any atom is -0.438 e. The van der Waals surface area contributed by atoms with E-state index in [4.69, 9.17) is 10.5 Å². The Kier molecular flexibility index (Phi) is 3.24. The summed E-state index contributed by atoms with van der Waals surface area (Å²) in [6.07, 6.45) is -4.80. The van der Waals surface area contributed by atoms with Crippen molar-refractivity contribution >= 4 is 5.82 Å². The van der Waals surface area contributed by atoms with E-state index in [0.29, 0.717) is 12.1 Å². The molecular weight excluding hydrogens is 266 g/mol. The molecule has 2 N–H and O–H groups in total. The molecule has 4 nitrogen and oxygen atoms in total. The molecule has 1 heterocycles. The van der Waals surface area contributed by atoms with Crippen LogP contribution in [0.15, 0.2) is 30.3 Å². The van der Waals surface area contributed by atoms with Crippen LogP contribution in [-0.2, 0) is 6.18 Å². The maximum absolute atomic E-state index is 13.0. The normalized spacial score (nSPS) is 11.4. The molecule has 0 saturated heterocycles. The summed E-state index contributed by atoms with van der Waals surface area (Å²) in [5.41, 5.74) is 3.88. The number of aromatic nitrogens is 2. The predicted octanol–water partition coefficient (Wildman–Crippen LogP) is 3.01. The summed E-state index contributed by atoms with van der Waals surface area (Å²) in [6, 6.07) is 4.98. The summed E-state index contributed by atoms with van der Waals surface area (Å²) in [6.45, 7) is 0. The Morgan fingerprint density at radius 2 is 1.79 bits per heavy atom. The second-order valence-electron chi connectivity index (χ2n) is 3.54. The number of anilines is 1. The largest absolute Gasteiger partial charge is 0.438 e. The molecule has 0 aliphatic heterocycles. The first-order chi connectivity index (χ1) is 8.86. The number of halogens is 4. The van der Waals surface area contributed by atoms with Gasteiger partial charge >= 0.3 is 6.18 Å². The molecule has 0 aliphatic rings. The third-order valence-corrected chi connectivity index (χ3v) is 2.13. The minimum absolute atomic E-state index is 0.0473. The minimum atomic E-state index is -4.80. The van der Waals surface area contributed by atoms with E-state index < -0.39 is 17.6 Å². The number of rotatable bonds is 2. The van der Waals surface area contributed by atoms with Gasteiger partial charge in [-0.25, -0.2) is 4.39 Å². The number of alkyl halides is 3. The van der Waals surface area contributed by atoms with Gasteiger partial charge in [-0.1, -0.05) is 0 Å². The Morgan fingerprint density at radius 1 is 1.05 bits per heavy atom. The molecule has 19 heavy (non-hydrogen) atoms. The van der Waals surface area contributed by atoms with Crippen LogP contribution in [0.5, 0.6) is 11.6 Å². The summed E-state index contributed by atoms with van der Waals surface area (Å²) in [7, 11) is 0. The summed E-state index contributed by atoms with van der Waals surface area (Å²) >= 11 is 0. The molecule has 1 aromatic carbocycles. The van der Waals surface area contributed by atoms with E-state index in [2.05, 4.69) is 10.2 Å². The lowest BCUT2D eigenvalue weighted by molar-refractivity contribution is -0.140. The average Bonchev–Trinajstić information content (AvgIpc) is 2.33. The fourth-order valence-corrected chi connectivity index (χ4v) is 1.29. The van der Waals surface area contributed by atoms with Gasteiger partial charge in [-0.3, -0.25) is 0 Å². The molecule has 0 unspecified atom stereocenters. The van der Waals surface area contributed by atoms with Crippen LogP contribution in [0.4, 0.5) is 23.4 Å². The second kappa shape index (κ2) is 4.71. The lowest BCUT2D eigenvalue weighted by Crippen LogP contribution is -2.08. The van der Waals surface area contributed by atoms with E-state index in [0.717, 1.165) is 6.07 Å². The van der Waals surface area contributed by atoms with E-state index >= 15 is 0 Å². The molecule has 0 aliphatic carbocycles. The van der Waals surface area contributed by atoms with Crippen LogP contribution in [0.1, 0.15) is 5.56 Å². The lowest BCUT2D eigenvalue weighted by atomic mass is 10.2. The van der Waals surface area contributed by atoms with Crippen molar-refractivity contribution in [3.05, 3.63) is 41.7 Å². The van der Waals surface area contributed by atoms with Gasteiger partial charge in [0.15, 0.2) is 0 Å². The van der Waals surface area contributed by atoms with Crippen molar-refractivity contribution in [3.8, 4) is 11.6 Å². The van der Waals surface area contributed by atoms with E-state index in [9.17, 15) is 17.6 Å². The molecule has 0 spiro atoms. The zero-order valence-corrected chi connectivity index (χ0v) is 9.28. The van der Waals surface area contributed by atoms with Crippen LogP contribution >= 0.6 is 0 Å². The second-order valence-corrected chi connectivity index (χ2v) is 3.54. The van der Waals surface area contributed by atoms with Gasteiger partial charge in [-0.05, 0) is 24.3 Å². The number of hydrogen-bond donors (Lipinski definition) is 1. The number of hydrogen-bond acceptors (Lipinski definition) is 4. The molecule has 0 radical (unpaired) electrons. The van der Waals surface area contributed by atoms with Crippen molar-refractivity contribution < 1.29 is 22.3 Å². The first kappa shape index (κ1) is 13.1. The van der Waals surface area contributed by atoms with Gasteiger partial charge in [-0.2, -0.15) is 13.2 Å². The van der Waals surface area contributed by atoms with E-state index in [1.165, 1.54) is 12.1 Å². The Balaban J connectivity index is 2.29. The van der Waals surface area contributed by atoms with Gasteiger partial charge in [0.05, 0.1) is 5.56 Å². The highest BCUT2D eigenvalue weighted by Crippen LogP contribution is 2.34. The zero-order valence-electron chi connectivity index (χ0n) is 9.28. The van der Waals surface area contributed by atoms with Gasteiger partial charge < -0.3 is 10.5 Å². The summed E-state index contributed by atoms with van der Waals surface area (Å²) in [5, 5.41) is 6.99. The van der Waals surface area contributed by atoms with Crippen molar-refractivity contribution in [1.29, 1.82) is 0 Å². The zero-order chi connectivity index (χ0) is 14.0. The number of benzene rings is 1. The molecule has 2 aromatic rings. The van der Waals surface area contributed by atoms with Crippen molar-refractivity contribution in [1.82, 2.24) is 10.2 Å². The van der Waals surface area contributed by atoms with E-state index in [-0.39, 0.29) is 17.4 Å². The van der Waals surface area contributed by atoms with Crippen LogP contribution in [0.25, 0.3) is 0 Å². The fourth-order valence-electron chi connectivity index (χ4n) is 1.29. The third-order valence-electron chi connectivity index (χ3n) is 2.13. The highest BCUT2D eigenvalue weighted by Gasteiger charge is 2.34. The van der Waals surface area contributed by atoms with Gasteiger partial charge in [0.1, 0.15) is 17.4 Å². The third kappa shape index (κ3) is 3.09. The number of nitrogens with two attached hydrogens (primary N) is 1. The number of nitrogen functional groups attached to an aromatic ring is 1. The van der Waals surface area contributed by atoms with Gasteiger partial charge in [0.2, 0.25) is 5.88 Å². The van der Waals surface area contributed by atoms with Crippen molar-refractivity contribution in [2.45, 2.75) is 6.18 Å². The lowest BCUT2D eigenvalue weighted by Gasteiger charge is -2.10. The van der Waals surface area contributed by atoms with Crippen LogP contribution in [0.3, 0.4) is 0 Å². The van der Waals surface area contributed by atoms with Gasteiger partial charge in [-0.15, -0.1) is 10.2 Å². The Hall–Kier alpha value is -2.38. The van der Waals surface area contributed by atoms with Crippen LogP contribution in [0, 0.1) is 5.82 Å². The monoisotopic (exact) mass is 273 g/mol. The number of nitrogens with zero attached hydrogens (tertiary/aromatic N) is 2. The topological polar surface area (TPSA) is 61.0 Å². The van der Waals surface area contributed by atoms with Crippen LogP contribution < -0.4 is 10.5 Å². The van der Waals surface area contributed by atoms with Gasteiger partial charge in [0.25, 0.3) is 0 Å². The average molecular weight is 273 g/mol. The number of ether oxygens (including phenoxy) is 1. The smallest absolute Gasteiger partial charge is 0.419 e. The van der Waals surface area contributed by atoms with Crippen LogP contribution in [-0.4, -0.2) is 10.2 Å². The maximum atomic E-state index is 13.0. The van der Waals surface area contributed by atoms with Gasteiger partial charge in [0, 0.05) is 6.07 Å². The highest BCUT2D eigenvalue weighted by atomic mass is 19.4. The Labute approximate surface area is 104 Å². The maximum Gasteiger partial charge on any atom is 0.419 e. The summed E-state index contributed by atoms with van der Waals surface area (Å²) in [4.78, 5) is 0. The molecule has 100 valence electrons. The van der Waals surface area contributed by atoms with Crippen molar-refractivity contribution in [2.75, 3.05) is 5.73 Å². The molecular formula is C11H7F4N3O. The van der Waals surface area contributed by atoms with E-state index in [1.807, 2.05) is 0 Å². The molecule has 0 atom stereocenters. The Bertz CT molecular complexity index is 583. The van der Waals surface area contributed by atoms with Crippen LogP contribution in [0.2, 0.25) is 0 Å². The quantitative estimate of drug-likeness (QED) is 0.854. The van der Waals surface area contributed by atoms with Crippen molar-refractivity contribution in [2.24, 2.45) is 0 Å². The SMILES string of the molecule is Nc1ccc(Oc2ccc(F)c(C(F)(F)F)c2)nn1. The summed E-state index contributed by atoms with van der Waals surface area (Å²) in [5.74, 6) is -1.48. The standard InChI is InChI=1S/C11H7F4N3O/c12-8-2-1-6(5-7(8)11(13,14)15)19-10-4-3-9(16)17-18-10/h1-5H,(H2,16,17).